The van der Waals surface area contributed by atoms with Gasteiger partial charge in [0, 0.05) is 6.20 Å². The van der Waals surface area contributed by atoms with Gasteiger partial charge >= 0.3 is 5.97 Å². The SMILES string of the molecule is CC(C)c1ccc([C@@H](NC(=O)COC(=O)c2ccc[nH]2)C(C)C)cc1. The van der Waals surface area contributed by atoms with E-state index >= 15 is 0 Å². The van der Waals surface area contributed by atoms with Gasteiger partial charge < -0.3 is 15.0 Å². The lowest BCUT2D eigenvalue weighted by Gasteiger charge is -2.23. The van der Waals surface area contributed by atoms with Gasteiger partial charge in [0.2, 0.25) is 0 Å². The number of ether oxygens (including phenoxy) is 1. The fourth-order valence-corrected chi connectivity index (χ4v) is 2.60. The number of aromatic amines is 1. The van der Waals surface area contributed by atoms with E-state index in [1.54, 1.807) is 18.3 Å². The van der Waals surface area contributed by atoms with E-state index in [4.69, 9.17) is 4.74 Å². The molecule has 1 aromatic carbocycles. The summed E-state index contributed by atoms with van der Waals surface area (Å²) >= 11 is 0. The molecule has 134 valence electrons. The smallest absolute Gasteiger partial charge is 0.355 e. The zero-order valence-corrected chi connectivity index (χ0v) is 15.2. The Balaban J connectivity index is 1.96. The summed E-state index contributed by atoms with van der Waals surface area (Å²) in [4.78, 5) is 26.7. The van der Waals surface area contributed by atoms with Gasteiger partial charge in [0.1, 0.15) is 5.69 Å². The third-order valence-electron chi connectivity index (χ3n) is 4.10. The molecule has 0 spiro atoms. The number of hydrogen-bond acceptors (Lipinski definition) is 3. The highest BCUT2D eigenvalue weighted by Crippen LogP contribution is 2.24. The summed E-state index contributed by atoms with van der Waals surface area (Å²) in [7, 11) is 0. The van der Waals surface area contributed by atoms with Crippen molar-refractivity contribution >= 4 is 11.9 Å². The van der Waals surface area contributed by atoms with Gasteiger partial charge in [-0.15, -0.1) is 0 Å². The standard InChI is InChI=1S/C20H26N2O3/c1-13(2)15-7-9-16(10-8-15)19(14(3)4)22-18(23)12-25-20(24)17-6-5-11-21-17/h5-11,13-14,19,21H,12H2,1-4H3,(H,22,23)/t19-/m0/s1. The number of amides is 1. The number of hydrogen-bond donors (Lipinski definition) is 2. The molecular formula is C20H26N2O3. The maximum absolute atomic E-state index is 12.2. The number of esters is 1. The van der Waals surface area contributed by atoms with Crippen LogP contribution >= 0.6 is 0 Å². The van der Waals surface area contributed by atoms with Crippen LogP contribution in [0.5, 0.6) is 0 Å². The fraction of sp³-hybridized carbons (Fsp3) is 0.400. The first-order chi connectivity index (χ1) is 11.9. The molecule has 5 heteroatoms. The number of aromatic nitrogens is 1. The zero-order chi connectivity index (χ0) is 18.4. The first kappa shape index (κ1) is 18.8. The molecule has 2 rings (SSSR count). The van der Waals surface area contributed by atoms with E-state index in [2.05, 4.69) is 36.3 Å². The van der Waals surface area contributed by atoms with Crippen LogP contribution in [0.3, 0.4) is 0 Å². The second-order valence-corrected chi connectivity index (χ2v) is 6.77. The number of carbonyl (C=O) groups excluding carboxylic acids is 2. The molecule has 1 heterocycles. The van der Waals surface area contributed by atoms with Crippen molar-refractivity contribution in [2.45, 2.75) is 39.7 Å². The summed E-state index contributed by atoms with van der Waals surface area (Å²) in [5.74, 6) is -0.171. The maximum atomic E-state index is 12.2. The predicted octanol–water partition coefficient (Wildman–Crippen LogP) is 3.81. The van der Waals surface area contributed by atoms with Gasteiger partial charge in [-0.05, 0) is 35.1 Å². The summed E-state index contributed by atoms with van der Waals surface area (Å²) in [6, 6.07) is 11.5. The van der Waals surface area contributed by atoms with Crippen molar-refractivity contribution in [2.24, 2.45) is 5.92 Å². The minimum atomic E-state index is -0.539. The molecule has 0 aliphatic heterocycles. The third kappa shape index (κ3) is 5.21. The van der Waals surface area contributed by atoms with Crippen LogP contribution in [0.4, 0.5) is 0 Å². The molecule has 0 saturated carbocycles. The van der Waals surface area contributed by atoms with Gasteiger partial charge in [0.15, 0.2) is 6.61 Å². The molecule has 2 N–H and O–H groups in total. The molecule has 0 unspecified atom stereocenters. The largest absolute Gasteiger partial charge is 0.451 e. The maximum Gasteiger partial charge on any atom is 0.355 e. The van der Waals surface area contributed by atoms with Gasteiger partial charge in [-0.3, -0.25) is 4.79 Å². The van der Waals surface area contributed by atoms with Crippen LogP contribution in [0.1, 0.15) is 61.3 Å². The topological polar surface area (TPSA) is 71.2 Å². The average molecular weight is 342 g/mol. The van der Waals surface area contributed by atoms with Crippen molar-refractivity contribution in [1.29, 1.82) is 0 Å². The van der Waals surface area contributed by atoms with Crippen molar-refractivity contribution < 1.29 is 14.3 Å². The normalized spacial score (nSPS) is 12.2. The molecule has 0 aliphatic carbocycles. The van der Waals surface area contributed by atoms with Crippen molar-refractivity contribution in [1.82, 2.24) is 10.3 Å². The van der Waals surface area contributed by atoms with Crippen LogP contribution in [0.2, 0.25) is 0 Å². The molecule has 5 nitrogen and oxygen atoms in total. The highest BCUT2D eigenvalue weighted by Gasteiger charge is 2.19. The second-order valence-electron chi connectivity index (χ2n) is 6.77. The first-order valence-electron chi connectivity index (χ1n) is 8.58. The number of nitrogens with one attached hydrogen (secondary N) is 2. The first-order valence-corrected chi connectivity index (χ1v) is 8.58. The molecule has 0 saturated heterocycles. The third-order valence-corrected chi connectivity index (χ3v) is 4.10. The van der Waals surface area contributed by atoms with E-state index in [0.29, 0.717) is 11.6 Å². The van der Waals surface area contributed by atoms with Gasteiger partial charge in [0.25, 0.3) is 5.91 Å². The summed E-state index contributed by atoms with van der Waals surface area (Å²) in [5.41, 5.74) is 2.64. The molecule has 0 bridgehead atoms. The van der Waals surface area contributed by atoms with E-state index in [1.807, 2.05) is 26.0 Å². The monoisotopic (exact) mass is 342 g/mol. The number of carbonyl (C=O) groups is 2. The summed E-state index contributed by atoms with van der Waals surface area (Å²) in [6.45, 7) is 8.09. The Hall–Kier alpha value is -2.56. The van der Waals surface area contributed by atoms with Crippen molar-refractivity contribution in [3.8, 4) is 0 Å². The number of H-pyrrole nitrogens is 1. The van der Waals surface area contributed by atoms with Crippen molar-refractivity contribution in [3.63, 3.8) is 0 Å². The fourth-order valence-electron chi connectivity index (χ4n) is 2.60. The molecule has 25 heavy (non-hydrogen) atoms. The lowest BCUT2D eigenvalue weighted by Crippen LogP contribution is -2.35. The molecule has 0 aliphatic rings. The lowest BCUT2D eigenvalue weighted by atomic mass is 9.93. The summed E-state index contributed by atoms with van der Waals surface area (Å²) in [6.07, 6.45) is 1.63. The van der Waals surface area contributed by atoms with Crippen LogP contribution in [-0.2, 0) is 9.53 Å². The highest BCUT2D eigenvalue weighted by molar-refractivity contribution is 5.89. The Morgan fingerprint density at radius 2 is 1.68 bits per heavy atom. The Labute approximate surface area is 148 Å². The van der Waals surface area contributed by atoms with E-state index < -0.39 is 5.97 Å². The van der Waals surface area contributed by atoms with E-state index in [9.17, 15) is 9.59 Å². The Kier molecular flexibility index (Phi) is 6.39. The van der Waals surface area contributed by atoms with Crippen LogP contribution in [0.25, 0.3) is 0 Å². The van der Waals surface area contributed by atoms with Crippen LogP contribution in [0, 0.1) is 5.92 Å². The minimum absolute atomic E-state index is 0.127. The predicted molar refractivity (Wildman–Crippen MR) is 97.3 cm³/mol. The molecular weight excluding hydrogens is 316 g/mol. The quantitative estimate of drug-likeness (QED) is 0.752. The van der Waals surface area contributed by atoms with E-state index in [-0.39, 0.29) is 24.5 Å². The molecule has 1 aromatic heterocycles. The molecule has 2 aromatic rings. The van der Waals surface area contributed by atoms with Crippen molar-refractivity contribution in [2.75, 3.05) is 6.61 Å². The Morgan fingerprint density at radius 3 is 2.20 bits per heavy atom. The summed E-state index contributed by atoms with van der Waals surface area (Å²) < 4.78 is 5.03. The van der Waals surface area contributed by atoms with E-state index in [1.165, 1.54) is 5.56 Å². The average Bonchev–Trinajstić information content (AvgIpc) is 3.12. The van der Waals surface area contributed by atoms with Gasteiger partial charge in [0.05, 0.1) is 6.04 Å². The Morgan fingerprint density at radius 1 is 1.04 bits per heavy atom. The second kappa shape index (κ2) is 8.51. The minimum Gasteiger partial charge on any atom is -0.451 e. The Bertz CT molecular complexity index is 688. The van der Waals surface area contributed by atoms with Crippen LogP contribution < -0.4 is 5.32 Å². The highest BCUT2D eigenvalue weighted by atomic mass is 16.5. The molecule has 0 fully saturated rings. The zero-order valence-electron chi connectivity index (χ0n) is 15.2. The van der Waals surface area contributed by atoms with Gasteiger partial charge in [-0.1, -0.05) is 52.0 Å². The molecule has 1 amide bonds. The molecule has 0 radical (unpaired) electrons. The van der Waals surface area contributed by atoms with Gasteiger partial charge in [-0.25, -0.2) is 4.79 Å². The summed E-state index contributed by atoms with van der Waals surface area (Å²) in [5, 5.41) is 2.96. The van der Waals surface area contributed by atoms with Crippen molar-refractivity contribution in [3.05, 3.63) is 59.4 Å². The molecule has 1 atom stereocenters. The van der Waals surface area contributed by atoms with Crippen LogP contribution in [-0.4, -0.2) is 23.5 Å². The van der Waals surface area contributed by atoms with Gasteiger partial charge in [-0.2, -0.15) is 0 Å². The van der Waals surface area contributed by atoms with E-state index in [0.717, 1.165) is 5.56 Å². The number of rotatable bonds is 7. The lowest BCUT2D eigenvalue weighted by molar-refractivity contribution is -0.125. The van der Waals surface area contributed by atoms with Crippen LogP contribution in [0.15, 0.2) is 42.6 Å². The number of benzene rings is 1.